The van der Waals surface area contributed by atoms with Gasteiger partial charge in [0.15, 0.2) is 0 Å². The van der Waals surface area contributed by atoms with Crippen molar-refractivity contribution in [2.75, 3.05) is 26.1 Å². The lowest BCUT2D eigenvalue weighted by molar-refractivity contribution is -0.106. The lowest BCUT2D eigenvalue weighted by Gasteiger charge is -2.21. The molecule has 0 bridgehead atoms. The van der Waals surface area contributed by atoms with Gasteiger partial charge in [-0.05, 0) is 6.07 Å². The van der Waals surface area contributed by atoms with Crippen LogP contribution < -0.4 is 11.4 Å². The summed E-state index contributed by atoms with van der Waals surface area (Å²) in [5.41, 5.74) is 4.77. The molecule has 18 heavy (non-hydrogen) atoms. The van der Waals surface area contributed by atoms with E-state index in [2.05, 4.69) is 4.98 Å². The fourth-order valence-corrected chi connectivity index (χ4v) is 1.28. The molecule has 4 N–H and O–H groups in total. The molecule has 0 saturated heterocycles. The molecule has 1 aromatic heterocycles. The standard InChI is InChI=1S/C10H17N3O5/c1-17-5-7(15)8(4-14)18-6-13-3-2-9(11)12-10(13)16/h2-3,7-8,14-15H,4-6H2,1H3,(H2,11,12,16)/t7?,8-/m1/s1. The van der Waals surface area contributed by atoms with Crippen LogP contribution in [0.3, 0.4) is 0 Å². The fraction of sp³-hybridized carbons (Fsp3) is 0.600. The molecule has 0 saturated carbocycles. The Bertz CT molecular complexity index is 422. The van der Waals surface area contributed by atoms with Crippen molar-refractivity contribution in [1.82, 2.24) is 9.55 Å². The number of nitrogens with zero attached hydrogens (tertiary/aromatic N) is 2. The van der Waals surface area contributed by atoms with Crippen molar-refractivity contribution < 1.29 is 19.7 Å². The SMILES string of the molecule is COCC(O)[C@@H](CO)OCn1ccc(N)nc1=O. The van der Waals surface area contributed by atoms with Crippen molar-refractivity contribution in [2.45, 2.75) is 18.9 Å². The van der Waals surface area contributed by atoms with E-state index in [1.165, 1.54) is 23.9 Å². The number of methoxy groups -OCH3 is 1. The molecular formula is C10H17N3O5. The second-order valence-corrected chi connectivity index (χ2v) is 3.64. The Hall–Kier alpha value is -1.48. The summed E-state index contributed by atoms with van der Waals surface area (Å²) in [6.07, 6.45) is -0.395. The maximum absolute atomic E-state index is 11.4. The van der Waals surface area contributed by atoms with Crippen LogP contribution in [0, 0.1) is 0 Å². The number of aromatic nitrogens is 2. The lowest BCUT2D eigenvalue weighted by atomic mass is 10.2. The number of ether oxygens (including phenoxy) is 2. The van der Waals surface area contributed by atoms with Crippen LogP contribution in [0.4, 0.5) is 5.82 Å². The maximum atomic E-state index is 11.4. The summed E-state index contributed by atoms with van der Waals surface area (Å²) in [5, 5.41) is 18.6. The van der Waals surface area contributed by atoms with Crippen LogP contribution in [0.1, 0.15) is 0 Å². The summed E-state index contributed by atoms with van der Waals surface area (Å²) < 4.78 is 11.1. The van der Waals surface area contributed by atoms with Gasteiger partial charge in [-0.15, -0.1) is 0 Å². The van der Waals surface area contributed by atoms with Crippen LogP contribution >= 0.6 is 0 Å². The first-order valence-electron chi connectivity index (χ1n) is 5.31. The Morgan fingerprint density at radius 2 is 2.33 bits per heavy atom. The molecule has 1 aromatic rings. The summed E-state index contributed by atoms with van der Waals surface area (Å²) in [6, 6.07) is 1.45. The summed E-state index contributed by atoms with van der Waals surface area (Å²) in [7, 11) is 1.42. The number of aliphatic hydroxyl groups is 2. The average molecular weight is 259 g/mol. The Morgan fingerprint density at radius 1 is 1.61 bits per heavy atom. The van der Waals surface area contributed by atoms with Crippen molar-refractivity contribution >= 4 is 5.82 Å². The van der Waals surface area contributed by atoms with E-state index in [1.54, 1.807) is 0 Å². The van der Waals surface area contributed by atoms with Gasteiger partial charge >= 0.3 is 5.69 Å². The van der Waals surface area contributed by atoms with Crippen LogP contribution in [0.2, 0.25) is 0 Å². The van der Waals surface area contributed by atoms with Crippen molar-refractivity contribution in [3.8, 4) is 0 Å². The zero-order chi connectivity index (χ0) is 13.5. The highest BCUT2D eigenvalue weighted by Gasteiger charge is 2.19. The van der Waals surface area contributed by atoms with Crippen LogP contribution in [-0.4, -0.2) is 52.3 Å². The molecule has 1 unspecified atom stereocenters. The van der Waals surface area contributed by atoms with E-state index in [1.807, 2.05) is 0 Å². The van der Waals surface area contributed by atoms with Crippen molar-refractivity contribution in [3.05, 3.63) is 22.7 Å². The Kier molecular flexibility index (Phi) is 5.72. The van der Waals surface area contributed by atoms with E-state index in [0.717, 1.165) is 0 Å². The maximum Gasteiger partial charge on any atom is 0.351 e. The van der Waals surface area contributed by atoms with Gasteiger partial charge in [0.2, 0.25) is 0 Å². The molecule has 0 spiro atoms. The van der Waals surface area contributed by atoms with Gasteiger partial charge in [0, 0.05) is 13.3 Å². The molecule has 1 rings (SSSR count). The molecule has 8 heteroatoms. The van der Waals surface area contributed by atoms with E-state index in [0.29, 0.717) is 0 Å². The number of anilines is 1. The summed E-state index contributed by atoms with van der Waals surface area (Å²) in [4.78, 5) is 14.9. The summed E-state index contributed by atoms with van der Waals surface area (Å²) in [5.74, 6) is 0.120. The third-order valence-corrected chi connectivity index (χ3v) is 2.27. The van der Waals surface area contributed by atoms with Gasteiger partial charge in [0.1, 0.15) is 24.8 Å². The third kappa shape index (κ3) is 4.08. The van der Waals surface area contributed by atoms with Crippen molar-refractivity contribution in [3.63, 3.8) is 0 Å². The molecule has 0 fully saturated rings. The van der Waals surface area contributed by atoms with E-state index in [-0.39, 0.29) is 25.8 Å². The molecule has 8 nitrogen and oxygen atoms in total. The molecule has 0 radical (unpaired) electrons. The lowest BCUT2D eigenvalue weighted by Crippen LogP contribution is -2.37. The van der Waals surface area contributed by atoms with Gasteiger partial charge < -0.3 is 25.4 Å². The van der Waals surface area contributed by atoms with Gasteiger partial charge in [-0.2, -0.15) is 4.98 Å². The van der Waals surface area contributed by atoms with E-state index < -0.39 is 17.9 Å². The molecule has 0 aromatic carbocycles. The minimum absolute atomic E-state index is 0.0279. The van der Waals surface area contributed by atoms with Crippen LogP contribution in [0.25, 0.3) is 0 Å². The quantitative estimate of drug-likeness (QED) is 0.526. The van der Waals surface area contributed by atoms with Gasteiger partial charge in [0.05, 0.1) is 13.2 Å². The summed E-state index contributed by atoms with van der Waals surface area (Å²) >= 11 is 0. The Balaban J connectivity index is 2.59. The smallest absolute Gasteiger partial charge is 0.351 e. The van der Waals surface area contributed by atoms with Gasteiger partial charge in [-0.25, -0.2) is 4.79 Å². The third-order valence-electron chi connectivity index (χ3n) is 2.27. The largest absolute Gasteiger partial charge is 0.394 e. The normalized spacial score (nSPS) is 14.4. The number of hydrogen-bond acceptors (Lipinski definition) is 7. The van der Waals surface area contributed by atoms with Crippen LogP contribution in [-0.2, 0) is 16.2 Å². The highest BCUT2D eigenvalue weighted by atomic mass is 16.5. The minimum atomic E-state index is -0.975. The second kappa shape index (κ2) is 7.07. The van der Waals surface area contributed by atoms with Crippen LogP contribution in [0.15, 0.2) is 17.1 Å². The Morgan fingerprint density at radius 3 is 2.89 bits per heavy atom. The molecule has 0 aliphatic carbocycles. The van der Waals surface area contributed by atoms with Gasteiger partial charge in [0.25, 0.3) is 0 Å². The number of rotatable bonds is 7. The first-order valence-corrected chi connectivity index (χ1v) is 5.31. The van der Waals surface area contributed by atoms with Gasteiger partial charge in [-0.3, -0.25) is 4.57 Å². The first-order chi connectivity index (χ1) is 8.58. The fourth-order valence-electron chi connectivity index (χ4n) is 1.28. The van der Waals surface area contributed by atoms with Crippen molar-refractivity contribution in [2.24, 2.45) is 0 Å². The van der Waals surface area contributed by atoms with E-state index in [9.17, 15) is 9.90 Å². The van der Waals surface area contributed by atoms with E-state index in [4.69, 9.17) is 20.3 Å². The molecule has 1 heterocycles. The zero-order valence-electron chi connectivity index (χ0n) is 10.0. The molecule has 0 aliphatic heterocycles. The molecule has 2 atom stereocenters. The zero-order valence-corrected chi connectivity index (χ0v) is 10.0. The van der Waals surface area contributed by atoms with E-state index >= 15 is 0 Å². The topological polar surface area (TPSA) is 120 Å². The molecule has 0 amide bonds. The summed E-state index contributed by atoms with van der Waals surface area (Å²) in [6.45, 7) is -0.500. The molecule has 0 aliphatic rings. The van der Waals surface area contributed by atoms with Gasteiger partial charge in [-0.1, -0.05) is 0 Å². The predicted molar refractivity (Wildman–Crippen MR) is 62.8 cm³/mol. The van der Waals surface area contributed by atoms with Crippen LogP contribution in [0.5, 0.6) is 0 Å². The number of nitrogens with two attached hydrogens (primary N) is 1. The number of aliphatic hydroxyl groups excluding tert-OH is 2. The second-order valence-electron chi connectivity index (χ2n) is 3.64. The Labute approximate surface area is 104 Å². The minimum Gasteiger partial charge on any atom is -0.394 e. The van der Waals surface area contributed by atoms with Crippen molar-refractivity contribution in [1.29, 1.82) is 0 Å². The highest BCUT2D eigenvalue weighted by Crippen LogP contribution is 2.01. The number of nitrogen functional groups attached to an aromatic ring is 1. The monoisotopic (exact) mass is 259 g/mol. The molecule has 102 valence electrons. The highest BCUT2D eigenvalue weighted by molar-refractivity contribution is 5.23. The first kappa shape index (κ1) is 14.6. The average Bonchev–Trinajstić information content (AvgIpc) is 2.32. The predicted octanol–water partition coefficient (Wildman–Crippen LogP) is -1.83. The number of hydrogen-bond donors (Lipinski definition) is 3. The molecular weight excluding hydrogens is 242 g/mol.